The zero-order chi connectivity index (χ0) is 13.0. The molecule has 0 aliphatic heterocycles. The highest BCUT2D eigenvalue weighted by atomic mass is 28.1. The molecule has 1 aliphatic rings. The van der Waals surface area contributed by atoms with Gasteiger partial charge in [0.1, 0.15) is 0 Å². The van der Waals surface area contributed by atoms with Gasteiger partial charge in [-0.15, -0.1) is 0 Å². The van der Waals surface area contributed by atoms with Crippen LogP contribution in [0.15, 0.2) is 24.3 Å². The Labute approximate surface area is 114 Å². The third kappa shape index (κ3) is 3.04. The van der Waals surface area contributed by atoms with Gasteiger partial charge in [0.25, 0.3) is 0 Å². The van der Waals surface area contributed by atoms with Crippen LogP contribution in [0.25, 0.3) is 0 Å². The maximum Gasteiger partial charge on any atom is 0.0896 e. The second-order valence-electron chi connectivity index (χ2n) is 5.93. The zero-order valence-corrected chi connectivity index (χ0v) is 13.8. The van der Waals surface area contributed by atoms with E-state index in [0.717, 1.165) is 5.56 Å². The van der Waals surface area contributed by atoms with Crippen LogP contribution in [0.4, 0.5) is 0 Å². The van der Waals surface area contributed by atoms with Crippen LogP contribution in [-0.4, -0.2) is 15.3 Å². The van der Waals surface area contributed by atoms with Gasteiger partial charge in [0.2, 0.25) is 0 Å². The lowest BCUT2D eigenvalue weighted by atomic mass is 9.81. The summed E-state index contributed by atoms with van der Waals surface area (Å²) in [5.74, 6) is 0.449. The highest BCUT2D eigenvalue weighted by Gasteiger charge is 2.35. The Balaban J connectivity index is 2.07. The average Bonchev–Trinajstić information content (AvgIpc) is 2.91. The van der Waals surface area contributed by atoms with E-state index in [-0.39, 0.29) is 0 Å². The molecule has 1 unspecified atom stereocenters. The van der Waals surface area contributed by atoms with Crippen LogP contribution >= 0.6 is 0 Å². The van der Waals surface area contributed by atoms with E-state index in [4.69, 9.17) is 0 Å². The molecule has 1 saturated carbocycles. The van der Waals surface area contributed by atoms with Crippen LogP contribution in [0, 0.1) is 5.92 Å². The second-order valence-corrected chi connectivity index (χ2v) is 6.93. The first-order valence-electron chi connectivity index (χ1n) is 7.46. The molecule has 1 aliphatic carbocycles. The van der Waals surface area contributed by atoms with E-state index < -0.39 is 5.60 Å². The third-order valence-electron chi connectivity index (χ3n) is 4.51. The van der Waals surface area contributed by atoms with Gasteiger partial charge in [-0.25, -0.2) is 0 Å². The lowest BCUT2D eigenvalue weighted by Crippen LogP contribution is -2.29. The maximum atomic E-state index is 10.8. The topological polar surface area (TPSA) is 20.2 Å². The molecule has 1 aromatic carbocycles. The van der Waals surface area contributed by atoms with E-state index in [1.165, 1.54) is 60.4 Å². The summed E-state index contributed by atoms with van der Waals surface area (Å²) < 4.78 is 0. The number of rotatable bonds is 5. The summed E-state index contributed by atoms with van der Waals surface area (Å²) in [6, 6.07) is 10.1. The van der Waals surface area contributed by atoms with Crippen LogP contribution in [0.2, 0.25) is 6.04 Å². The Hall–Kier alpha value is -0.603. The molecule has 2 rings (SSSR count). The molecular weight excluding hydrogens is 236 g/mol. The Bertz CT molecular complexity index is 363. The molecule has 1 N–H and O–H groups in total. The van der Waals surface area contributed by atoms with Crippen molar-refractivity contribution in [1.29, 1.82) is 0 Å². The Morgan fingerprint density at radius 1 is 1.22 bits per heavy atom. The molecule has 0 heterocycles. The van der Waals surface area contributed by atoms with Crippen molar-refractivity contribution in [2.75, 3.05) is 0 Å². The summed E-state index contributed by atoms with van der Waals surface area (Å²) in [7, 11) is 1.31. The highest BCUT2D eigenvalue weighted by molar-refractivity contribution is 6.08. The molecule has 0 amide bonds. The molecule has 0 saturated heterocycles. The Morgan fingerprint density at radius 2 is 1.83 bits per heavy atom. The normalized spacial score (nSPS) is 20.1. The first-order valence-corrected chi connectivity index (χ1v) is 8.88. The van der Waals surface area contributed by atoms with Crippen molar-refractivity contribution in [2.45, 2.75) is 57.1 Å². The lowest BCUT2D eigenvalue weighted by molar-refractivity contribution is -0.00333. The van der Waals surface area contributed by atoms with Crippen molar-refractivity contribution < 1.29 is 5.11 Å². The first kappa shape index (κ1) is 13.8. The van der Waals surface area contributed by atoms with Crippen LogP contribution in [0.5, 0.6) is 0 Å². The van der Waals surface area contributed by atoms with Gasteiger partial charge in [-0.2, -0.15) is 0 Å². The molecule has 0 radical (unpaired) electrons. The summed E-state index contributed by atoms with van der Waals surface area (Å²) in [5, 5.41) is 10.8. The fourth-order valence-corrected chi connectivity index (χ4v) is 3.47. The molecule has 0 aromatic heterocycles. The van der Waals surface area contributed by atoms with Gasteiger partial charge >= 0.3 is 0 Å². The fourth-order valence-electron chi connectivity index (χ4n) is 3.11. The molecule has 0 spiro atoms. The van der Waals surface area contributed by atoms with Gasteiger partial charge in [-0.05, 0) is 43.2 Å². The molecule has 1 nitrogen and oxygen atoms in total. The summed E-state index contributed by atoms with van der Waals surface area (Å²) in [6.45, 7) is 2.00. The first-order chi connectivity index (χ1) is 8.64. The second kappa shape index (κ2) is 6.03. The molecule has 100 valence electrons. The predicted octanol–water partition coefficient (Wildman–Crippen LogP) is 2.80. The lowest BCUT2D eigenvalue weighted by Gasteiger charge is -2.30. The predicted molar refractivity (Wildman–Crippen MR) is 81.0 cm³/mol. The molecule has 1 aromatic rings. The van der Waals surface area contributed by atoms with Crippen LogP contribution in [0.1, 0.15) is 50.2 Å². The Kier molecular flexibility index (Phi) is 4.63. The van der Waals surface area contributed by atoms with Crippen LogP contribution in [0.3, 0.4) is 0 Å². The summed E-state index contributed by atoms with van der Waals surface area (Å²) >= 11 is 0. The molecule has 2 heteroatoms. The van der Waals surface area contributed by atoms with E-state index in [0.29, 0.717) is 5.92 Å². The monoisotopic (exact) mass is 262 g/mol. The van der Waals surface area contributed by atoms with Gasteiger partial charge in [0.15, 0.2) is 0 Å². The molecule has 1 fully saturated rings. The van der Waals surface area contributed by atoms with E-state index in [1.807, 2.05) is 6.92 Å². The van der Waals surface area contributed by atoms with Gasteiger partial charge < -0.3 is 5.11 Å². The van der Waals surface area contributed by atoms with E-state index in [9.17, 15) is 5.11 Å². The number of aryl methyl sites for hydroxylation is 1. The SMILES string of the molecule is CC(O)(c1ccc(CCC[SiH3])cc1)C1CCCC1. The smallest absolute Gasteiger partial charge is 0.0896 e. The number of aliphatic hydroxyl groups is 1. The van der Waals surface area contributed by atoms with Gasteiger partial charge in [0, 0.05) is 10.2 Å². The highest BCUT2D eigenvalue weighted by Crippen LogP contribution is 2.40. The molecule has 0 bridgehead atoms. The van der Waals surface area contributed by atoms with E-state index in [2.05, 4.69) is 24.3 Å². The van der Waals surface area contributed by atoms with E-state index in [1.54, 1.807) is 0 Å². The molecular formula is C16H26OSi. The molecule has 1 atom stereocenters. The molecule has 18 heavy (non-hydrogen) atoms. The van der Waals surface area contributed by atoms with E-state index >= 15 is 0 Å². The standard InChI is InChI=1S/C16H26OSi/c1-16(17,14-6-2-3-7-14)15-10-8-13(9-11-15)5-4-12-18/h8-11,14,17H,2-7,12H2,1,18H3. The minimum Gasteiger partial charge on any atom is -0.385 e. The van der Waals surface area contributed by atoms with Crippen molar-refractivity contribution in [1.82, 2.24) is 0 Å². The third-order valence-corrected chi connectivity index (χ3v) is 5.21. The summed E-state index contributed by atoms with van der Waals surface area (Å²) in [5.41, 5.74) is 1.88. The van der Waals surface area contributed by atoms with Crippen molar-refractivity contribution in [3.05, 3.63) is 35.4 Å². The van der Waals surface area contributed by atoms with Gasteiger partial charge in [0.05, 0.1) is 5.60 Å². The summed E-state index contributed by atoms with van der Waals surface area (Å²) in [6.07, 6.45) is 7.41. The van der Waals surface area contributed by atoms with Gasteiger partial charge in [-0.3, -0.25) is 0 Å². The van der Waals surface area contributed by atoms with Crippen LogP contribution in [-0.2, 0) is 12.0 Å². The fraction of sp³-hybridized carbons (Fsp3) is 0.625. The maximum absolute atomic E-state index is 10.8. The van der Waals surface area contributed by atoms with Gasteiger partial charge in [-0.1, -0.05) is 49.6 Å². The summed E-state index contributed by atoms with van der Waals surface area (Å²) in [4.78, 5) is 0. The van der Waals surface area contributed by atoms with Crippen LogP contribution < -0.4 is 0 Å². The van der Waals surface area contributed by atoms with Crippen molar-refractivity contribution in [3.8, 4) is 0 Å². The minimum absolute atomic E-state index is 0.449. The number of benzene rings is 1. The van der Waals surface area contributed by atoms with Crippen molar-refractivity contribution in [3.63, 3.8) is 0 Å². The quantitative estimate of drug-likeness (QED) is 0.809. The number of hydrogen-bond acceptors (Lipinski definition) is 1. The van der Waals surface area contributed by atoms with Crippen molar-refractivity contribution >= 4 is 10.2 Å². The largest absolute Gasteiger partial charge is 0.385 e. The zero-order valence-electron chi connectivity index (χ0n) is 11.8. The Morgan fingerprint density at radius 3 is 2.39 bits per heavy atom. The van der Waals surface area contributed by atoms with Crippen molar-refractivity contribution in [2.24, 2.45) is 5.92 Å². The average molecular weight is 262 g/mol. The number of hydrogen-bond donors (Lipinski definition) is 1. The minimum atomic E-state index is -0.632.